The van der Waals surface area contributed by atoms with Gasteiger partial charge in [0.15, 0.2) is 0 Å². The molecule has 1 aromatic rings. The number of aliphatic carboxylic acids is 1. The average molecular weight is 254 g/mol. The van der Waals surface area contributed by atoms with E-state index in [4.69, 9.17) is 10.8 Å². The number of aryl methyl sites for hydroxylation is 1. The number of carboxylic acid groups (broad SMARTS) is 1. The van der Waals surface area contributed by atoms with E-state index in [0.717, 1.165) is 31.6 Å². The molecule has 2 heterocycles. The third kappa shape index (κ3) is 4.12. The van der Waals surface area contributed by atoms with E-state index in [1.54, 1.807) is 6.20 Å². The van der Waals surface area contributed by atoms with Gasteiger partial charge in [-0.25, -0.2) is 4.98 Å². The quantitative estimate of drug-likeness (QED) is 0.736. The number of nitrogens with two attached hydrogens (primary N) is 1. The maximum absolute atomic E-state index is 10.1. The fourth-order valence-electron chi connectivity index (χ4n) is 1.81. The number of nitrogens with zero attached hydrogens (tertiary/aromatic N) is 2. The molecule has 6 nitrogen and oxygen atoms in total. The highest BCUT2D eigenvalue weighted by Crippen LogP contribution is 2.08. The van der Waals surface area contributed by atoms with Crippen LogP contribution in [0.1, 0.15) is 38.1 Å². The van der Waals surface area contributed by atoms with Crippen molar-refractivity contribution in [3.63, 3.8) is 0 Å². The third-order valence-electron chi connectivity index (χ3n) is 2.99. The summed E-state index contributed by atoms with van der Waals surface area (Å²) < 4.78 is 1.95. The Balaban J connectivity index is 0.000000184. The molecule has 0 aliphatic carbocycles. The van der Waals surface area contributed by atoms with E-state index >= 15 is 0 Å². The van der Waals surface area contributed by atoms with Crippen LogP contribution in [0, 0.1) is 0 Å². The van der Waals surface area contributed by atoms with Gasteiger partial charge in [0.1, 0.15) is 11.9 Å². The highest BCUT2D eigenvalue weighted by molar-refractivity contribution is 5.73. The molecule has 1 aromatic heterocycles. The van der Waals surface area contributed by atoms with E-state index in [0.29, 0.717) is 0 Å². The first-order valence-corrected chi connectivity index (χ1v) is 6.25. The molecular weight excluding hydrogens is 232 g/mol. The smallest absolute Gasteiger partial charge is 0.320 e. The second kappa shape index (κ2) is 7.13. The number of aromatic nitrogens is 2. The van der Waals surface area contributed by atoms with Crippen LogP contribution in [0.5, 0.6) is 0 Å². The summed E-state index contributed by atoms with van der Waals surface area (Å²) in [7, 11) is 1.96. The van der Waals surface area contributed by atoms with Crippen molar-refractivity contribution in [3.05, 3.63) is 18.2 Å². The minimum Gasteiger partial charge on any atom is -0.480 e. The molecule has 0 bridgehead atoms. The Labute approximate surface area is 107 Å². The Hall–Kier alpha value is -1.40. The molecule has 0 radical (unpaired) electrons. The molecule has 1 aliphatic heterocycles. The molecule has 1 aliphatic rings. The van der Waals surface area contributed by atoms with Gasteiger partial charge in [-0.3, -0.25) is 4.79 Å². The van der Waals surface area contributed by atoms with Crippen LogP contribution in [-0.2, 0) is 11.8 Å². The van der Waals surface area contributed by atoms with Crippen molar-refractivity contribution in [1.82, 2.24) is 14.9 Å². The summed E-state index contributed by atoms with van der Waals surface area (Å²) in [4.78, 5) is 14.3. The summed E-state index contributed by atoms with van der Waals surface area (Å²) in [6, 6.07) is -0.185. The molecule has 1 unspecified atom stereocenters. The molecule has 4 N–H and O–H groups in total. The number of nitrogens with one attached hydrogen (secondary N) is 1. The lowest BCUT2D eigenvalue weighted by molar-refractivity contribution is -0.139. The van der Waals surface area contributed by atoms with Gasteiger partial charge in [-0.1, -0.05) is 6.92 Å². The van der Waals surface area contributed by atoms with Crippen LogP contribution in [0.25, 0.3) is 0 Å². The SMILES string of the molecule is CCC(N)c1nccn1C.O=C(O)[C@@H]1CCCN1. The van der Waals surface area contributed by atoms with Gasteiger partial charge in [0.25, 0.3) is 0 Å². The van der Waals surface area contributed by atoms with Gasteiger partial charge < -0.3 is 20.7 Å². The van der Waals surface area contributed by atoms with Crippen LogP contribution in [0.3, 0.4) is 0 Å². The molecule has 1 fully saturated rings. The Kier molecular flexibility index (Phi) is 5.80. The van der Waals surface area contributed by atoms with Gasteiger partial charge in [-0.05, 0) is 25.8 Å². The van der Waals surface area contributed by atoms with E-state index in [1.165, 1.54) is 0 Å². The number of hydrogen-bond acceptors (Lipinski definition) is 4. The summed E-state index contributed by atoms with van der Waals surface area (Å²) in [5, 5.41) is 11.2. The van der Waals surface area contributed by atoms with Gasteiger partial charge in [-0.15, -0.1) is 0 Å². The van der Waals surface area contributed by atoms with Crippen molar-refractivity contribution in [2.75, 3.05) is 6.54 Å². The maximum atomic E-state index is 10.1. The van der Waals surface area contributed by atoms with E-state index in [9.17, 15) is 4.79 Å². The van der Waals surface area contributed by atoms with Gasteiger partial charge in [0.2, 0.25) is 0 Å². The topological polar surface area (TPSA) is 93.2 Å². The number of carboxylic acids is 1. The van der Waals surface area contributed by atoms with Crippen molar-refractivity contribution >= 4 is 5.97 Å². The molecule has 2 atom stereocenters. The standard InChI is InChI=1S/C7H13N3.C5H9NO2/c1-3-6(8)7-9-4-5-10(7)2;7-5(8)4-2-1-3-6-4/h4-6H,3,8H2,1-2H3;4,6H,1-3H2,(H,7,8)/t;4-/m.0/s1. The lowest BCUT2D eigenvalue weighted by atomic mass is 10.2. The zero-order valence-electron chi connectivity index (χ0n) is 11.0. The Morgan fingerprint density at radius 1 is 1.78 bits per heavy atom. The van der Waals surface area contributed by atoms with E-state index in [2.05, 4.69) is 17.2 Å². The Bertz CT molecular complexity index is 372. The van der Waals surface area contributed by atoms with Gasteiger partial charge in [-0.2, -0.15) is 0 Å². The van der Waals surface area contributed by atoms with Crippen LogP contribution in [-0.4, -0.2) is 33.2 Å². The fraction of sp³-hybridized carbons (Fsp3) is 0.667. The van der Waals surface area contributed by atoms with Gasteiger partial charge >= 0.3 is 5.97 Å². The first-order valence-electron chi connectivity index (χ1n) is 6.25. The minimum atomic E-state index is -0.720. The van der Waals surface area contributed by atoms with Crippen LogP contribution in [0.4, 0.5) is 0 Å². The number of imidazole rings is 1. The van der Waals surface area contributed by atoms with E-state index in [1.807, 2.05) is 17.8 Å². The molecule has 0 saturated carbocycles. The molecule has 2 rings (SSSR count). The summed E-state index contributed by atoms with van der Waals surface area (Å²) in [5.41, 5.74) is 5.76. The highest BCUT2D eigenvalue weighted by atomic mass is 16.4. The second-order valence-corrected chi connectivity index (χ2v) is 4.40. The lowest BCUT2D eigenvalue weighted by Crippen LogP contribution is -2.29. The highest BCUT2D eigenvalue weighted by Gasteiger charge is 2.20. The second-order valence-electron chi connectivity index (χ2n) is 4.40. The summed E-state index contributed by atoms with van der Waals surface area (Å²) in [5.74, 6) is 0.241. The molecule has 0 amide bonds. The predicted molar refractivity (Wildman–Crippen MR) is 69.1 cm³/mol. The zero-order chi connectivity index (χ0) is 13.5. The minimum absolute atomic E-state index is 0.0833. The van der Waals surface area contributed by atoms with Crippen LogP contribution in [0.2, 0.25) is 0 Å². The maximum Gasteiger partial charge on any atom is 0.320 e. The summed E-state index contributed by atoms with van der Waals surface area (Å²) in [6.07, 6.45) is 6.40. The summed E-state index contributed by atoms with van der Waals surface area (Å²) in [6.45, 7) is 2.91. The first kappa shape index (κ1) is 14.7. The zero-order valence-corrected chi connectivity index (χ0v) is 11.0. The molecule has 0 spiro atoms. The largest absolute Gasteiger partial charge is 0.480 e. The van der Waals surface area contributed by atoms with Crippen LogP contribution in [0.15, 0.2) is 12.4 Å². The predicted octanol–water partition coefficient (Wildman–Crippen LogP) is 0.653. The van der Waals surface area contributed by atoms with Crippen molar-refractivity contribution in [2.45, 2.75) is 38.3 Å². The Morgan fingerprint density at radius 2 is 2.50 bits per heavy atom. The Morgan fingerprint density at radius 3 is 2.83 bits per heavy atom. The van der Waals surface area contributed by atoms with Crippen molar-refractivity contribution < 1.29 is 9.90 Å². The average Bonchev–Trinajstić information content (AvgIpc) is 2.99. The van der Waals surface area contributed by atoms with Gasteiger partial charge in [0, 0.05) is 19.4 Å². The number of rotatable bonds is 3. The molecule has 1 saturated heterocycles. The van der Waals surface area contributed by atoms with Gasteiger partial charge in [0.05, 0.1) is 6.04 Å². The molecule has 18 heavy (non-hydrogen) atoms. The number of hydrogen-bond donors (Lipinski definition) is 3. The third-order valence-corrected chi connectivity index (χ3v) is 2.99. The van der Waals surface area contributed by atoms with Crippen LogP contribution < -0.4 is 11.1 Å². The van der Waals surface area contributed by atoms with E-state index in [-0.39, 0.29) is 12.1 Å². The van der Waals surface area contributed by atoms with Crippen LogP contribution >= 0.6 is 0 Å². The molecule has 6 heteroatoms. The van der Waals surface area contributed by atoms with Crippen molar-refractivity contribution in [2.24, 2.45) is 12.8 Å². The number of carbonyl (C=O) groups is 1. The molecule has 102 valence electrons. The lowest BCUT2D eigenvalue weighted by Gasteiger charge is -2.07. The normalized spacial score (nSPS) is 20.1. The van der Waals surface area contributed by atoms with Crippen molar-refractivity contribution in [1.29, 1.82) is 0 Å². The van der Waals surface area contributed by atoms with Crippen molar-refractivity contribution in [3.8, 4) is 0 Å². The summed E-state index contributed by atoms with van der Waals surface area (Å²) >= 11 is 0. The fourth-order valence-corrected chi connectivity index (χ4v) is 1.81. The molecule has 0 aromatic carbocycles. The first-order chi connectivity index (χ1) is 8.56. The monoisotopic (exact) mass is 254 g/mol. The molecular formula is C12H22N4O2. The van der Waals surface area contributed by atoms with E-state index < -0.39 is 5.97 Å².